The lowest BCUT2D eigenvalue weighted by Gasteiger charge is -2.10. The molecule has 0 unspecified atom stereocenters. The van der Waals surface area contributed by atoms with E-state index < -0.39 is 0 Å². The van der Waals surface area contributed by atoms with Gasteiger partial charge in [0.15, 0.2) is 11.5 Å². The lowest BCUT2D eigenvalue weighted by atomic mass is 10.1. The summed E-state index contributed by atoms with van der Waals surface area (Å²) < 4.78 is 22.0. The summed E-state index contributed by atoms with van der Waals surface area (Å²) in [6.45, 7) is 0.164. The van der Waals surface area contributed by atoms with Gasteiger partial charge in [-0.2, -0.15) is 0 Å². The average molecular weight is 361 g/mol. The van der Waals surface area contributed by atoms with Crippen LogP contribution in [-0.2, 0) is 0 Å². The molecule has 0 spiro atoms. The van der Waals surface area contributed by atoms with Gasteiger partial charge >= 0.3 is 0 Å². The van der Waals surface area contributed by atoms with Crippen molar-refractivity contribution in [1.29, 1.82) is 0 Å². The molecule has 0 fully saturated rings. The molecule has 3 aromatic carbocycles. The van der Waals surface area contributed by atoms with Crippen LogP contribution in [0.2, 0.25) is 0 Å². The second-order valence-electron chi connectivity index (χ2n) is 6.17. The lowest BCUT2D eigenvalue weighted by molar-refractivity contribution is 0.102. The van der Waals surface area contributed by atoms with Gasteiger partial charge in [-0.1, -0.05) is 18.2 Å². The molecule has 0 bridgehead atoms. The van der Waals surface area contributed by atoms with Crippen molar-refractivity contribution < 1.29 is 23.4 Å². The third kappa shape index (κ3) is 2.54. The molecule has 5 rings (SSSR count). The summed E-state index contributed by atoms with van der Waals surface area (Å²) in [5.41, 5.74) is 2.46. The Kier molecular flexibility index (Phi) is 3.43. The van der Waals surface area contributed by atoms with E-state index in [-0.39, 0.29) is 12.7 Å². The van der Waals surface area contributed by atoms with Crippen molar-refractivity contribution in [3.05, 3.63) is 60.2 Å². The van der Waals surface area contributed by atoms with Crippen LogP contribution in [0, 0.1) is 0 Å². The van der Waals surface area contributed by atoms with Crippen LogP contribution in [-0.4, -0.2) is 19.8 Å². The van der Waals surface area contributed by atoms with Gasteiger partial charge in [0, 0.05) is 22.4 Å². The number of methoxy groups -OCH3 is 1. The second kappa shape index (κ2) is 5.95. The fourth-order valence-electron chi connectivity index (χ4n) is 3.25. The second-order valence-corrected chi connectivity index (χ2v) is 6.17. The molecule has 6 nitrogen and oxygen atoms in total. The number of rotatable bonds is 3. The Hall–Kier alpha value is -3.67. The smallest absolute Gasteiger partial charge is 0.255 e. The Bertz CT molecular complexity index is 1190. The van der Waals surface area contributed by atoms with Crippen LogP contribution < -0.4 is 19.5 Å². The molecule has 1 amide bonds. The molecule has 6 heteroatoms. The molecule has 0 saturated heterocycles. The topological polar surface area (TPSA) is 69.9 Å². The van der Waals surface area contributed by atoms with E-state index in [4.69, 9.17) is 18.6 Å². The first-order valence-corrected chi connectivity index (χ1v) is 8.43. The number of fused-ring (bicyclic) bond motifs is 4. The molecular formula is C21H15NO5. The fraction of sp³-hybridized carbons (Fsp3) is 0.0952. The van der Waals surface area contributed by atoms with E-state index in [9.17, 15) is 4.79 Å². The van der Waals surface area contributed by atoms with Crippen molar-refractivity contribution >= 4 is 33.5 Å². The highest BCUT2D eigenvalue weighted by Gasteiger charge is 2.18. The van der Waals surface area contributed by atoms with E-state index in [1.54, 1.807) is 31.4 Å². The Labute approximate surface area is 154 Å². The number of ether oxygens (including phenoxy) is 3. The zero-order chi connectivity index (χ0) is 18.4. The van der Waals surface area contributed by atoms with E-state index in [0.717, 1.165) is 16.4 Å². The van der Waals surface area contributed by atoms with E-state index in [1.807, 2.05) is 30.3 Å². The molecule has 4 aromatic rings. The molecular weight excluding hydrogens is 346 g/mol. The lowest BCUT2D eigenvalue weighted by Crippen LogP contribution is -2.12. The maximum absolute atomic E-state index is 12.7. The summed E-state index contributed by atoms with van der Waals surface area (Å²) in [6.07, 6.45) is 0. The molecule has 134 valence electrons. The van der Waals surface area contributed by atoms with Crippen molar-refractivity contribution in [2.75, 3.05) is 19.2 Å². The van der Waals surface area contributed by atoms with Crippen LogP contribution in [0.4, 0.5) is 5.69 Å². The number of carbonyl (C=O) groups is 1. The minimum absolute atomic E-state index is 0.164. The fourth-order valence-corrected chi connectivity index (χ4v) is 3.25. The maximum Gasteiger partial charge on any atom is 0.255 e. The monoisotopic (exact) mass is 361 g/mol. The van der Waals surface area contributed by atoms with E-state index in [1.165, 1.54) is 0 Å². The molecule has 27 heavy (non-hydrogen) atoms. The third-order valence-electron chi connectivity index (χ3n) is 4.58. The summed E-state index contributed by atoms with van der Waals surface area (Å²) in [7, 11) is 1.57. The quantitative estimate of drug-likeness (QED) is 0.579. The molecule has 1 N–H and O–H groups in total. The highest BCUT2D eigenvalue weighted by atomic mass is 16.7. The number of hydrogen-bond donors (Lipinski definition) is 1. The highest BCUT2D eigenvalue weighted by molar-refractivity contribution is 6.10. The average Bonchev–Trinajstić information content (AvgIpc) is 3.30. The van der Waals surface area contributed by atoms with E-state index >= 15 is 0 Å². The summed E-state index contributed by atoms with van der Waals surface area (Å²) in [5.74, 6) is 1.47. The summed E-state index contributed by atoms with van der Waals surface area (Å²) in [5, 5.41) is 4.82. The maximum atomic E-state index is 12.7. The van der Waals surface area contributed by atoms with Crippen molar-refractivity contribution in [1.82, 2.24) is 0 Å². The van der Waals surface area contributed by atoms with Crippen LogP contribution in [0.3, 0.4) is 0 Å². The first-order valence-electron chi connectivity index (χ1n) is 8.43. The molecule has 1 aliphatic rings. The molecule has 0 saturated carbocycles. The minimum Gasteiger partial charge on any atom is -0.495 e. The Balaban J connectivity index is 1.53. The SMILES string of the molecule is COc1cc2c(cc1NC(=O)c1ccc3c(c1)OCO3)oc1ccccc12. The number of anilines is 1. The van der Waals surface area contributed by atoms with Crippen LogP contribution in [0.1, 0.15) is 10.4 Å². The number of nitrogens with one attached hydrogen (secondary N) is 1. The normalized spacial score (nSPS) is 12.5. The number of amides is 1. The highest BCUT2D eigenvalue weighted by Crippen LogP contribution is 2.37. The van der Waals surface area contributed by atoms with Crippen LogP contribution in [0.25, 0.3) is 21.9 Å². The van der Waals surface area contributed by atoms with Gasteiger partial charge in [0.25, 0.3) is 5.91 Å². The molecule has 0 aliphatic carbocycles. The Morgan fingerprint density at radius 3 is 2.70 bits per heavy atom. The first kappa shape index (κ1) is 15.6. The van der Waals surface area contributed by atoms with Gasteiger partial charge in [-0.25, -0.2) is 0 Å². The minimum atomic E-state index is -0.276. The predicted octanol–water partition coefficient (Wildman–Crippen LogP) is 4.58. The van der Waals surface area contributed by atoms with Crippen molar-refractivity contribution in [2.45, 2.75) is 0 Å². The number of para-hydroxylation sites is 1. The van der Waals surface area contributed by atoms with Gasteiger partial charge in [0.05, 0.1) is 12.8 Å². The summed E-state index contributed by atoms with van der Waals surface area (Å²) >= 11 is 0. The van der Waals surface area contributed by atoms with Gasteiger partial charge in [0.2, 0.25) is 6.79 Å². The van der Waals surface area contributed by atoms with Gasteiger partial charge in [-0.15, -0.1) is 0 Å². The standard InChI is InChI=1S/C21H15NO5/c1-24-19-9-14-13-4-2-3-5-16(13)27-18(14)10-15(19)22-21(23)12-6-7-17-20(8-12)26-11-25-17/h2-10H,11H2,1H3,(H,22,23). The number of benzene rings is 3. The molecule has 1 aromatic heterocycles. The Morgan fingerprint density at radius 1 is 0.963 bits per heavy atom. The number of carbonyl (C=O) groups excluding carboxylic acids is 1. The molecule has 1 aliphatic heterocycles. The number of hydrogen-bond acceptors (Lipinski definition) is 5. The predicted molar refractivity (Wildman–Crippen MR) is 101 cm³/mol. The van der Waals surface area contributed by atoms with Crippen molar-refractivity contribution in [3.8, 4) is 17.2 Å². The van der Waals surface area contributed by atoms with Gasteiger partial charge < -0.3 is 23.9 Å². The largest absolute Gasteiger partial charge is 0.495 e. The van der Waals surface area contributed by atoms with Gasteiger partial charge in [-0.05, 0) is 30.3 Å². The molecule has 2 heterocycles. The molecule has 0 atom stereocenters. The van der Waals surface area contributed by atoms with Crippen molar-refractivity contribution in [3.63, 3.8) is 0 Å². The van der Waals surface area contributed by atoms with Gasteiger partial charge in [-0.3, -0.25) is 4.79 Å². The zero-order valence-electron chi connectivity index (χ0n) is 14.4. The Morgan fingerprint density at radius 2 is 1.81 bits per heavy atom. The van der Waals surface area contributed by atoms with Crippen molar-refractivity contribution in [2.24, 2.45) is 0 Å². The zero-order valence-corrected chi connectivity index (χ0v) is 14.4. The summed E-state index contributed by atoms with van der Waals surface area (Å²) in [6, 6.07) is 16.5. The number of furan rings is 1. The van der Waals surface area contributed by atoms with Crippen LogP contribution in [0.5, 0.6) is 17.2 Å². The van der Waals surface area contributed by atoms with E-state index in [0.29, 0.717) is 34.1 Å². The summed E-state index contributed by atoms with van der Waals surface area (Å²) in [4.78, 5) is 12.7. The molecule has 0 radical (unpaired) electrons. The van der Waals surface area contributed by atoms with Crippen LogP contribution in [0.15, 0.2) is 59.0 Å². The van der Waals surface area contributed by atoms with E-state index in [2.05, 4.69) is 5.32 Å². The van der Waals surface area contributed by atoms with Gasteiger partial charge in [0.1, 0.15) is 16.9 Å². The van der Waals surface area contributed by atoms with Crippen LogP contribution >= 0.6 is 0 Å². The third-order valence-corrected chi connectivity index (χ3v) is 4.58. The first-order chi connectivity index (χ1) is 13.2.